The van der Waals surface area contributed by atoms with E-state index in [9.17, 15) is 18.0 Å². The smallest absolute Gasteiger partial charge is 0.307 e. The zero-order valence-corrected chi connectivity index (χ0v) is 13.8. The van der Waals surface area contributed by atoms with Gasteiger partial charge in [0, 0.05) is 23.3 Å². The van der Waals surface area contributed by atoms with Crippen molar-refractivity contribution in [2.24, 2.45) is 0 Å². The molecule has 1 saturated carbocycles. The molecule has 0 N–H and O–H groups in total. The molecule has 1 fully saturated rings. The van der Waals surface area contributed by atoms with Crippen molar-refractivity contribution in [1.29, 1.82) is 0 Å². The number of alkyl halides is 3. The molecule has 132 valence electrons. The van der Waals surface area contributed by atoms with Crippen LogP contribution in [-0.2, 0) is 23.9 Å². The highest BCUT2D eigenvalue weighted by Gasteiger charge is 2.39. The van der Waals surface area contributed by atoms with E-state index < -0.39 is 11.9 Å². The highest BCUT2D eigenvalue weighted by molar-refractivity contribution is 5.96. The van der Waals surface area contributed by atoms with Gasteiger partial charge in [0.2, 0.25) is 5.91 Å². The summed E-state index contributed by atoms with van der Waals surface area (Å²) in [5, 5.41) is 3.68. The number of rotatable bonds is 3. The van der Waals surface area contributed by atoms with Gasteiger partial charge in [0.25, 0.3) is 0 Å². The summed E-state index contributed by atoms with van der Waals surface area (Å²) >= 11 is 0. The molecular formula is C18H18F3N3O. The zero-order chi connectivity index (χ0) is 17.8. The molecule has 2 aliphatic rings. The molecule has 0 bridgehead atoms. The van der Waals surface area contributed by atoms with Crippen molar-refractivity contribution in [3.63, 3.8) is 0 Å². The molecule has 1 atom stereocenters. The molecule has 25 heavy (non-hydrogen) atoms. The fraction of sp³-hybridized carbons (Fsp3) is 0.444. The maximum atomic E-state index is 13.0. The molecule has 1 aliphatic carbocycles. The van der Waals surface area contributed by atoms with Crippen LogP contribution in [0.25, 0.3) is 0 Å². The normalized spacial score (nSPS) is 20.0. The first kappa shape index (κ1) is 16.2. The number of para-hydroxylation sites is 1. The van der Waals surface area contributed by atoms with E-state index in [1.165, 1.54) is 4.68 Å². The minimum absolute atomic E-state index is 0.00748. The number of anilines is 1. The predicted molar refractivity (Wildman–Crippen MR) is 86.3 cm³/mol. The first-order valence-corrected chi connectivity index (χ1v) is 8.39. The van der Waals surface area contributed by atoms with Crippen molar-refractivity contribution < 1.29 is 18.0 Å². The number of amides is 1. The number of aromatic nitrogens is 2. The van der Waals surface area contributed by atoms with Crippen molar-refractivity contribution in [2.45, 2.75) is 50.9 Å². The van der Waals surface area contributed by atoms with Crippen LogP contribution in [0, 0.1) is 0 Å². The first-order valence-electron chi connectivity index (χ1n) is 8.39. The largest absolute Gasteiger partial charge is 0.435 e. The van der Waals surface area contributed by atoms with Gasteiger partial charge in [-0.05, 0) is 43.9 Å². The maximum Gasteiger partial charge on any atom is 0.435 e. The Morgan fingerprint density at radius 2 is 2.00 bits per heavy atom. The number of carbonyl (C=O) groups is 1. The number of hydrogen-bond acceptors (Lipinski definition) is 2. The number of nitrogens with zero attached hydrogens (tertiary/aromatic N) is 3. The van der Waals surface area contributed by atoms with Gasteiger partial charge in [0.1, 0.15) is 6.54 Å². The predicted octanol–water partition coefficient (Wildman–Crippen LogP) is 3.76. The molecule has 1 amide bonds. The molecule has 2 heterocycles. The summed E-state index contributed by atoms with van der Waals surface area (Å²) in [5.41, 5.74) is 1.52. The van der Waals surface area contributed by atoms with Crippen LogP contribution in [0.15, 0.2) is 30.3 Å². The average Bonchev–Trinajstić information content (AvgIpc) is 3.19. The molecule has 1 unspecified atom stereocenters. The highest BCUT2D eigenvalue weighted by atomic mass is 19.4. The van der Waals surface area contributed by atoms with Gasteiger partial charge in [-0.25, -0.2) is 0 Å². The topological polar surface area (TPSA) is 38.1 Å². The Morgan fingerprint density at radius 3 is 2.68 bits per heavy atom. The maximum absolute atomic E-state index is 13.0. The van der Waals surface area contributed by atoms with Gasteiger partial charge < -0.3 is 4.90 Å². The summed E-state index contributed by atoms with van der Waals surface area (Å²) in [5.74, 6) is -0.143. The van der Waals surface area contributed by atoms with E-state index in [0.29, 0.717) is 5.69 Å². The molecule has 0 saturated heterocycles. The first-order chi connectivity index (χ1) is 11.8. The van der Waals surface area contributed by atoms with Gasteiger partial charge in [0.05, 0.1) is 0 Å². The monoisotopic (exact) mass is 349 g/mol. The summed E-state index contributed by atoms with van der Waals surface area (Å²) in [6, 6.07) is 8.72. The third-order valence-corrected chi connectivity index (χ3v) is 4.86. The molecular weight excluding hydrogens is 331 g/mol. The van der Waals surface area contributed by atoms with Crippen LogP contribution in [0.3, 0.4) is 0 Å². The van der Waals surface area contributed by atoms with E-state index in [-0.39, 0.29) is 24.4 Å². The molecule has 2 aromatic rings. The third-order valence-electron chi connectivity index (χ3n) is 4.86. The van der Waals surface area contributed by atoms with Crippen LogP contribution >= 0.6 is 0 Å². The molecule has 7 heteroatoms. The molecule has 0 spiro atoms. The summed E-state index contributed by atoms with van der Waals surface area (Å²) in [6.45, 7) is 1.78. The second-order valence-corrected chi connectivity index (χ2v) is 6.83. The van der Waals surface area contributed by atoms with Crippen molar-refractivity contribution in [1.82, 2.24) is 9.78 Å². The van der Waals surface area contributed by atoms with Gasteiger partial charge >= 0.3 is 6.18 Å². The van der Waals surface area contributed by atoms with Crippen molar-refractivity contribution in [2.75, 3.05) is 4.90 Å². The Balaban J connectivity index is 1.62. The highest BCUT2D eigenvalue weighted by Crippen LogP contribution is 2.42. The second kappa shape index (κ2) is 5.61. The summed E-state index contributed by atoms with van der Waals surface area (Å²) in [4.78, 5) is 14.5. The number of fused-ring (bicyclic) bond motifs is 1. The van der Waals surface area contributed by atoms with E-state index in [0.717, 1.165) is 36.6 Å². The molecule has 1 aliphatic heterocycles. The number of benzene rings is 1. The Morgan fingerprint density at radius 1 is 1.28 bits per heavy atom. The van der Waals surface area contributed by atoms with Crippen molar-refractivity contribution in [3.8, 4) is 0 Å². The SMILES string of the molecule is CC1Cc2ccccc2N1C(=O)Cn1nc(C(F)(F)F)cc1C1CC1. The van der Waals surface area contributed by atoms with Crippen molar-refractivity contribution >= 4 is 11.6 Å². The summed E-state index contributed by atoms with van der Waals surface area (Å²) < 4.78 is 40.2. The van der Waals surface area contributed by atoms with E-state index >= 15 is 0 Å². The average molecular weight is 349 g/mol. The van der Waals surface area contributed by atoms with Gasteiger partial charge in [-0.3, -0.25) is 9.48 Å². The van der Waals surface area contributed by atoms with Crippen LogP contribution in [0.5, 0.6) is 0 Å². The van der Waals surface area contributed by atoms with Crippen LogP contribution in [0.1, 0.15) is 42.6 Å². The van der Waals surface area contributed by atoms with E-state index in [1.807, 2.05) is 31.2 Å². The van der Waals surface area contributed by atoms with Gasteiger partial charge in [-0.2, -0.15) is 18.3 Å². The van der Waals surface area contributed by atoms with Crippen LogP contribution < -0.4 is 4.90 Å². The fourth-order valence-electron chi connectivity index (χ4n) is 3.55. The second-order valence-electron chi connectivity index (χ2n) is 6.83. The van der Waals surface area contributed by atoms with Crippen molar-refractivity contribution in [3.05, 3.63) is 47.3 Å². The number of carbonyl (C=O) groups excluding carboxylic acids is 1. The fourth-order valence-corrected chi connectivity index (χ4v) is 3.55. The molecule has 1 aromatic heterocycles. The number of hydrogen-bond donors (Lipinski definition) is 0. The lowest BCUT2D eigenvalue weighted by atomic mass is 10.1. The van der Waals surface area contributed by atoms with Gasteiger partial charge in [-0.1, -0.05) is 18.2 Å². The molecule has 4 nitrogen and oxygen atoms in total. The van der Waals surface area contributed by atoms with Crippen LogP contribution in [0.2, 0.25) is 0 Å². The Labute approximate surface area is 143 Å². The van der Waals surface area contributed by atoms with E-state index in [2.05, 4.69) is 5.10 Å². The quantitative estimate of drug-likeness (QED) is 0.846. The Hall–Kier alpha value is -2.31. The summed E-state index contributed by atoms with van der Waals surface area (Å²) in [7, 11) is 0. The lowest BCUT2D eigenvalue weighted by Gasteiger charge is -2.23. The van der Waals surface area contributed by atoms with Crippen LogP contribution in [0.4, 0.5) is 18.9 Å². The standard InChI is InChI=1S/C18H18F3N3O/c1-11-8-13-4-2-3-5-14(13)24(11)17(25)10-23-15(12-6-7-12)9-16(22-23)18(19,20)21/h2-5,9,11-12H,6-8,10H2,1H3. The van der Waals surface area contributed by atoms with Gasteiger partial charge in [0.15, 0.2) is 5.69 Å². The Kier molecular flexibility index (Phi) is 3.63. The van der Waals surface area contributed by atoms with Crippen LogP contribution in [-0.4, -0.2) is 21.7 Å². The Bertz CT molecular complexity index is 823. The summed E-state index contributed by atoms with van der Waals surface area (Å²) in [6.07, 6.45) is -2.05. The molecule has 1 aromatic carbocycles. The lowest BCUT2D eigenvalue weighted by Crippen LogP contribution is -2.38. The zero-order valence-electron chi connectivity index (χ0n) is 13.8. The van der Waals surface area contributed by atoms with Gasteiger partial charge in [-0.15, -0.1) is 0 Å². The minimum atomic E-state index is -4.49. The van der Waals surface area contributed by atoms with E-state index in [1.54, 1.807) is 4.90 Å². The molecule has 0 radical (unpaired) electrons. The third kappa shape index (κ3) is 2.92. The molecule has 4 rings (SSSR count). The van der Waals surface area contributed by atoms with E-state index in [4.69, 9.17) is 0 Å². The number of halogens is 3. The lowest BCUT2D eigenvalue weighted by molar-refractivity contribution is -0.141. The minimum Gasteiger partial charge on any atom is -0.307 e.